The normalized spacial score (nSPS) is 30.4. The van der Waals surface area contributed by atoms with Crippen molar-refractivity contribution in [3.63, 3.8) is 0 Å². The predicted molar refractivity (Wildman–Crippen MR) is 81.1 cm³/mol. The van der Waals surface area contributed by atoms with Crippen LogP contribution in [0.4, 0.5) is 0 Å². The average Bonchev–Trinajstić information content (AvgIpc) is 3.19. The number of hydrogen-bond donors (Lipinski definition) is 1. The first-order valence-corrected chi connectivity index (χ1v) is 8.17. The first-order valence-electron chi connectivity index (χ1n) is 8.17. The molecule has 1 heteroatoms. The third-order valence-electron chi connectivity index (χ3n) is 5.26. The molecule has 0 radical (unpaired) electrons. The van der Waals surface area contributed by atoms with Gasteiger partial charge in [0.2, 0.25) is 0 Å². The number of hydrogen-bond acceptors (Lipinski definition) is 1. The van der Waals surface area contributed by atoms with Crippen LogP contribution < -0.4 is 5.73 Å². The molecule has 0 spiro atoms. The van der Waals surface area contributed by atoms with Crippen LogP contribution in [-0.4, -0.2) is 6.04 Å². The molecule has 0 heterocycles. The quantitative estimate of drug-likeness (QED) is 0.849. The van der Waals surface area contributed by atoms with Gasteiger partial charge in [0.15, 0.2) is 0 Å². The van der Waals surface area contributed by atoms with Crippen LogP contribution in [0.15, 0.2) is 30.3 Å². The Balaban J connectivity index is 1.57. The Hall–Kier alpha value is -0.820. The highest BCUT2D eigenvalue weighted by Crippen LogP contribution is 2.51. The van der Waals surface area contributed by atoms with Gasteiger partial charge in [-0.05, 0) is 42.6 Å². The Labute approximate surface area is 117 Å². The van der Waals surface area contributed by atoms with Crippen molar-refractivity contribution in [1.29, 1.82) is 0 Å². The van der Waals surface area contributed by atoms with Crippen molar-refractivity contribution in [3.8, 4) is 0 Å². The van der Waals surface area contributed by atoms with E-state index in [-0.39, 0.29) is 0 Å². The lowest BCUT2D eigenvalue weighted by Gasteiger charge is -2.26. The zero-order valence-corrected chi connectivity index (χ0v) is 11.9. The third-order valence-corrected chi connectivity index (χ3v) is 5.26. The van der Waals surface area contributed by atoms with Crippen molar-refractivity contribution in [1.82, 2.24) is 0 Å². The van der Waals surface area contributed by atoms with E-state index in [4.69, 9.17) is 5.73 Å². The zero-order chi connectivity index (χ0) is 13.1. The van der Waals surface area contributed by atoms with E-state index in [1.54, 1.807) is 0 Å². The lowest BCUT2D eigenvalue weighted by Crippen LogP contribution is -2.33. The van der Waals surface area contributed by atoms with Gasteiger partial charge >= 0.3 is 0 Å². The van der Waals surface area contributed by atoms with Crippen molar-refractivity contribution in [3.05, 3.63) is 35.9 Å². The SMILES string of the molecule is NC(C1CCCCCCC1)C1CC1c1ccccc1. The summed E-state index contributed by atoms with van der Waals surface area (Å²) in [5, 5.41) is 0. The maximum absolute atomic E-state index is 6.60. The molecule has 0 aliphatic heterocycles. The zero-order valence-electron chi connectivity index (χ0n) is 11.9. The summed E-state index contributed by atoms with van der Waals surface area (Å²) in [4.78, 5) is 0. The second-order valence-corrected chi connectivity index (χ2v) is 6.60. The minimum absolute atomic E-state index is 0.448. The lowest BCUT2D eigenvalue weighted by molar-refractivity contribution is 0.301. The maximum atomic E-state index is 6.60. The van der Waals surface area contributed by atoms with E-state index in [1.807, 2.05) is 0 Å². The molecular weight excluding hydrogens is 230 g/mol. The van der Waals surface area contributed by atoms with Gasteiger partial charge in [0.25, 0.3) is 0 Å². The molecule has 2 aliphatic carbocycles. The molecule has 0 saturated heterocycles. The van der Waals surface area contributed by atoms with Gasteiger partial charge in [-0.3, -0.25) is 0 Å². The van der Waals surface area contributed by atoms with Crippen molar-refractivity contribution in [2.75, 3.05) is 0 Å². The fourth-order valence-corrected chi connectivity index (χ4v) is 3.95. The molecule has 3 unspecified atom stereocenters. The molecule has 0 amide bonds. The van der Waals surface area contributed by atoms with Gasteiger partial charge in [-0.2, -0.15) is 0 Å². The predicted octanol–water partition coefficient (Wildman–Crippen LogP) is 4.48. The molecular formula is C18H27N. The summed E-state index contributed by atoms with van der Waals surface area (Å²) in [5.74, 6) is 2.30. The summed E-state index contributed by atoms with van der Waals surface area (Å²) in [6, 6.07) is 11.4. The summed E-state index contributed by atoms with van der Waals surface area (Å²) in [7, 11) is 0. The average molecular weight is 257 g/mol. The van der Waals surface area contributed by atoms with Crippen LogP contribution in [0, 0.1) is 11.8 Å². The Morgan fingerprint density at radius 1 is 0.895 bits per heavy atom. The molecule has 2 aliphatic rings. The summed E-state index contributed by atoms with van der Waals surface area (Å²) >= 11 is 0. The van der Waals surface area contributed by atoms with E-state index >= 15 is 0 Å². The fraction of sp³-hybridized carbons (Fsp3) is 0.667. The van der Waals surface area contributed by atoms with E-state index in [1.165, 1.54) is 56.9 Å². The van der Waals surface area contributed by atoms with Crippen LogP contribution in [-0.2, 0) is 0 Å². The Kier molecular flexibility index (Phi) is 4.22. The summed E-state index contributed by atoms with van der Waals surface area (Å²) in [6.45, 7) is 0. The molecule has 1 aromatic rings. The van der Waals surface area contributed by atoms with Crippen molar-refractivity contribution in [2.24, 2.45) is 17.6 Å². The number of nitrogens with two attached hydrogens (primary N) is 1. The van der Waals surface area contributed by atoms with Gasteiger partial charge in [-0.1, -0.05) is 62.4 Å². The first-order chi connectivity index (χ1) is 9.36. The molecule has 19 heavy (non-hydrogen) atoms. The van der Waals surface area contributed by atoms with Gasteiger partial charge in [-0.15, -0.1) is 0 Å². The third kappa shape index (κ3) is 3.20. The second-order valence-electron chi connectivity index (χ2n) is 6.60. The minimum atomic E-state index is 0.448. The molecule has 0 bridgehead atoms. The van der Waals surface area contributed by atoms with Gasteiger partial charge < -0.3 is 5.73 Å². The van der Waals surface area contributed by atoms with Crippen molar-refractivity contribution < 1.29 is 0 Å². The Morgan fingerprint density at radius 3 is 2.21 bits per heavy atom. The van der Waals surface area contributed by atoms with Crippen LogP contribution in [0.2, 0.25) is 0 Å². The highest BCUT2D eigenvalue weighted by Gasteiger charge is 2.44. The number of benzene rings is 1. The largest absolute Gasteiger partial charge is 0.327 e. The van der Waals surface area contributed by atoms with Crippen LogP contribution >= 0.6 is 0 Å². The van der Waals surface area contributed by atoms with Crippen LogP contribution in [0.3, 0.4) is 0 Å². The Bertz CT molecular complexity index is 378. The van der Waals surface area contributed by atoms with Gasteiger partial charge in [0, 0.05) is 6.04 Å². The van der Waals surface area contributed by atoms with E-state index < -0.39 is 0 Å². The Morgan fingerprint density at radius 2 is 1.53 bits per heavy atom. The van der Waals surface area contributed by atoms with Crippen LogP contribution in [0.5, 0.6) is 0 Å². The van der Waals surface area contributed by atoms with Gasteiger partial charge in [0.05, 0.1) is 0 Å². The number of rotatable bonds is 3. The van der Waals surface area contributed by atoms with Crippen molar-refractivity contribution in [2.45, 2.75) is 63.3 Å². The van der Waals surface area contributed by atoms with E-state index in [0.717, 1.165) is 17.8 Å². The molecule has 3 atom stereocenters. The molecule has 1 aromatic carbocycles. The first kappa shape index (κ1) is 13.2. The summed E-state index contributed by atoms with van der Waals surface area (Å²) < 4.78 is 0. The lowest BCUT2D eigenvalue weighted by atomic mass is 9.83. The fourth-order valence-electron chi connectivity index (χ4n) is 3.95. The molecule has 0 aromatic heterocycles. The molecule has 1 nitrogen and oxygen atoms in total. The minimum Gasteiger partial charge on any atom is -0.327 e. The standard InChI is InChI=1S/C18H27N/c19-18(15-11-5-2-1-3-6-12-15)17-13-16(17)14-9-7-4-8-10-14/h4,7-10,15-18H,1-3,5-6,11-13,19H2. The van der Waals surface area contributed by atoms with Crippen LogP contribution in [0.25, 0.3) is 0 Å². The molecule has 3 rings (SSSR count). The molecule has 2 fully saturated rings. The molecule has 2 N–H and O–H groups in total. The van der Waals surface area contributed by atoms with E-state index in [9.17, 15) is 0 Å². The van der Waals surface area contributed by atoms with Gasteiger partial charge in [-0.25, -0.2) is 0 Å². The smallest absolute Gasteiger partial charge is 0.0102 e. The molecule has 2 saturated carbocycles. The molecule has 104 valence electrons. The summed E-state index contributed by atoms with van der Waals surface area (Å²) in [5.41, 5.74) is 8.11. The van der Waals surface area contributed by atoms with Crippen LogP contribution in [0.1, 0.15) is 62.8 Å². The van der Waals surface area contributed by atoms with Gasteiger partial charge in [0.1, 0.15) is 0 Å². The highest BCUT2D eigenvalue weighted by atomic mass is 14.7. The highest BCUT2D eigenvalue weighted by molar-refractivity contribution is 5.26. The monoisotopic (exact) mass is 257 g/mol. The van der Waals surface area contributed by atoms with E-state index in [2.05, 4.69) is 30.3 Å². The second kappa shape index (κ2) is 6.09. The topological polar surface area (TPSA) is 26.0 Å². The summed E-state index contributed by atoms with van der Waals surface area (Å²) in [6.07, 6.45) is 11.2. The van der Waals surface area contributed by atoms with Crippen molar-refractivity contribution >= 4 is 0 Å². The van der Waals surface area contributed by atoms with E-state index in [0.29, 0.717) is 6.04 Å². The maximum Gasteiger partial charge on any atom is 0.0102 e.